The minimum Gasteiger partial charge on any atom is -1.00 e. The van der Waals surface area contributed by atoms with Crippen LogP contribution in [0.1, 0.15) is 0 Å². The van der Waals surface area contributed by atoms with Crippen LogP contribution in [0.25, 0.3) is 0 Å². The number of hydrogen-bond donors (Lipinski definition) is 0. The summed E-state index contributed by atoms with van der Waals surface area (Å²) in [7, 11) is 0. The second-order valence-corrected chi connectivity index (χ2v) is 7.57. The fourth-order valence-electron chi connectivity index (χ4n) is 2.66. The Balaban J connectivity index is 0.000000467. The van der Waals surface area contributed by atoms with Crippen LogP contribution in [0.15, 0.2) is 134 Å². The molecule has 4 aliphatic carbocycles. The van der Waals surface area contributed by atoms with E-state index in [-0.39, 0.29) is 35.6 Å². The third-order valence-electron chi connectivity index (χ3n) is 4.07. The van der Waals surface area contributed by atoms with Crippen molar-refractivity contribution in [3.63, 3.8) is 0 Å². The first-order valence-electron chi connectivity index (χ1n) is 8.99. The Bertz CT molecular complexity index is 1010. The first-order chi connectivity index (χ1) is 14.6. The van der Waals surface area contributed by atoms with Crippen molar-refractivity contribution in [1.82, 2.24) is 0 Å². The zero-order chi connectivity index (χ0) is 21.3. The van der Waals surface area contributed by atoms with Crippen molar-refractivity contribution in [1.29, 1.82) is 0 Å². The molecule has 1 aromatic rings. The summed E-state index contributed by atoms with van der Waals surface area (Å²) >= 11 is 23.6. The Hall–Kier alpha value is -1.40. The van der Waals surface area contributed by atoms with Gasteiger partial charge in [-0.3, -0.25) is 0 Å². The summed E-state index contributed by atoms with van der Waals surface area (Å²) in [6, 6.07) is 12.5. The summed E-state index contributed by atoms with van der Waals surface area (Å²) in [5.74, 6) is 1.90. The van der Waals surface area contributed by atoms with Crippen molar-refractivity contribution >= 4 is 72.6 Å². The van der Waals surface area contributed by atoms with Gasteiger partial charge in [0.2, 0.25) is 0 Å². The van der Waals surface area contributed by atoms with Crippen LogP contribution in [0.5, 0.6) is 0 Å². The SMILES string of the molecule is ClC1=C=C(Cl)C2=CC=CC=C[C]12.ClC1=C=C(Cl)C2=CC=CC=C[C]12.[Bi+2].[F-].[F-].[c]1ccccc1. The molecule has 6 radical (unpaired) electrons. The predicted molar refractivity (Wildman–Crippen MR) is 135 cm³/mol. The average Bonchev–Trinajstić information content (AvgIpc) is 3.04. The summed E-state index contributed by atoms with van der Waals surface area (Å²) in [6.07, 6.45) is 19.3. The van der Waals surface area contributed by atoms with Gasteiger partial charge in [-0.2, -0.15) is 0 Å². The Morgan fingerprint density at radius 1 is 0.515 bits per heavy atom. The Morgan fingerprint density at radius 3 is 1.27 bits per heavy atom. The molecular formula is C26H15BiCl4F2. The molecule has 0 saturated heterocycles. The summed E-state index contributed by atoms with van der Waals surface area (Å²) in [5.41, 5.74) is 7.62. The largest absolute Gasteiger partial charge is 2.00 e. The molecule has 0 atom stereocenters. The van der Waals surface area contributed by atoms with Gasteiger partial charge in [0.15, 0.2) is 0 Å². The average molecular weight is 716 g/mol. The molecule has 0 nitrogen and oxygen atoms in total. The maximum Gasteiger partial charge on any atom is 2.00 e. The number of halogens is 6. The topological polar surface area (TPSA) is 0 Å². The quantitative estimate of drug-likeness (QED) is 0.285. The van der Waals surface area contributed by atoms with Gasteiger partial charge in [0.25, 0.3) is 0 Å². The van der Waals surface area contributed by atoms with Gasteiger partial charge in [-0.1, -0.05) is 149 Å². The molecule has 0 N–H and O–H groups in total. The Kier molecular flexibility index (Phi) is 15.6. The smallest absolute Gasteiger partial charge is 1.00 e. The van der Waals surface area contributed by atoms with Gasteiger partial charge in [0, 0.05) is 0 Å². The van der Waals surface area contributed by atoms with E-state index in [1.165, 1.54) is 0 Å². The van der Waals surface area contributed by atoms with E-state index in [1.807, 2.05) is 91.1 Å². The molecule has 166 valence electrons. The van der Waals surface area contributed by atoms with E-state index in [4.69, 9.17) is 46.4 Å². The van der Waals surface area contributed by atoms with Crippen LogP contribution in [-0.4, -0.2) is 26.2 Å². The Morgan fingerprint density at radius 2 is 0.939 bits per heavy atom. The molecule has 0 bridgehead atoms. The third-order valence-corrected chi connectivity index (χ3v) is 5.26. The molecule has 0 aliphatic heterocycles. The van der Waals surface area contributed by atoms with Gasteiger partial charge >= 0.3 is 26.2 Å². The van der Waals surface area contributed by atoms with Crippen molar-refractivity contribution in [3.8, 4) is 0 Å². The van der Waals surface area contributed by atoms with E-state index in [2.05, 4.69) is 17.5 Å². The van der Waals surface area contributed by atoms with Gasteiger partial charge in [-0.25, -0.2) is 0 Å². The van der Waals surface area contributed by atoms with Crippen molar-refractivity contribution in [3.05, 3.63) is 152 Å². The van der Waals surface area contributed by atoms with E-state index in [0.717, 1.165) is 23.0 Å². The van der Waals surface area contributed by atoms with Crippen LogP contribution in [0, 0.1) is 17.9 Å². The molecule has 0 heterocycles. The molecule has 1 aromatic carbocycles. The first kappa shape index (κ1) is 31.6. The number of fused-ring (bicyclic) bond motifs is 2. The van der Waals surface area contributed by atoms with Gasteiger partial charge in [-0.05, 0) is 17.2 Å². The molecule has 0 saturated carbocycles. The molecule has 5 rings (SSSR count). The molecule has 33 heavy (non-hydrogen) atoms. The van der Waals surface area contributed by atoms with Crippen molar-refractivity contribution < 1.29 is 9.41 Å². The Labute approximate surface area is 232 Å². The summed E-state index contributed by atoms with van der Waals surface area (Å²) < 4.78 is 0. The van der Waals surface area contributed by atoms with Gasteiger partial charge < -0.3 is 9.41 Å². The fourth-order valence-corrected chi connectivity index (χ4v) is 3.80. The molecule has 0 fully saturated rings. The first-order valence-corrected chi connectivity index (χ1v) is 10.5. The van der Waals surface area contributed by atoms with Crippen molar-refractivity contribution in [2.75, 3.05) is 0 Å². The second kappa shape index (κ2) is 16.3. The van der Waals surface area contributed by atoms with Gasteiger partial charge in [-0.15, -0.1) is 0 Å². The van der Waals surface area contributed by atoms with Crippen LogP contribution >= 0.6 is 46.4 Å². The minimum atomic E-state index is 0. The van der Waals surface area contributed by atoms with Crippen LogP contribution in [0.4, 0.5) is 0 Å². The molecule has 4 aliphatic rings. The maximum absolute atomic E-state index is 5.90. The number of benzene rings is 1. The zero-order valence-corrected chi connectivity index (χ0v) is 23.4. The van der Waals surface area contributed by atoms with Crippen LogP contribution < -0.4 is 9.41 Å². The van der Waals surface area contributed by atoms with E-state index < -0.39 is 0 Å². The van der Waals surface area contributed by atoms with E-state index >= 15 is 0 Å². The minimum absolute atomic E-state index is 0. The monoisotopic (exact) mass is 714 g/mol. The van der Waals surface area contributed by atoms with E-state index in [0.29, 0.717) is 20.1 Å². The van der Waals surface area contributed by atoms with Crippen LogP contribution in [-0.2, 0) is 0 Å². The summed E-state index contributed by atoms with van der Waals surface area (Å²) in [5, 5.41) is 2.36. The molecule has 0 aromatic heterocycles. The van der Waals surface area contributed by atoms with E-state index in [1.54, 1.807) is 0 Å². The van der Waals surface area contributed by atoms with Crippen molar-refractivity contribution in [2.24, 2.45) is 0 Å². The standard InChI is InChI=1S/2C10H5Cl2.C6H5.Bi.2FH/c2*11-9-6-10(12)8-5-3-1-2-4-7(8)9;1-2-4-6-5-3-1;;;/h2*1-5H;1-5H;;2*1H/q;;;+2;;/p-2. The van der Waals surface area contributed by atoms with Gasteiger partial charge in [0.05, 0.1) is 32.0 Å². The van der Waals surface area contributed by atoms with Crippen LogP contribution in [0.3, 0.4) is 0 Å². The normalized spacial score (nSPS) is 17.0. The molecule has 0 spiro atoms. The van der Waals surface area contributed by atoms with Gasteiger partial charge in [0.1, 0.15) is 0 Å². The number of hydrogen-bond acceptors (Lipinski definition) is 0. The number of allylic oxidation sites excluding steroid dienone is 14. The molecule has 7 heteroatoms. The third kappa shape index (κ3) is 9.05. The van der Waals surface area contributed by atoms with E-state index in [9.17, 15) is 0 Å². The molecular weight excluding hydrogens is 701 g/mol. The van der Waals surface area contributed by atoms with Crippen molar-refractivity contribution in [2.45, 2.75) is 0 Å². The van der Waals surface area contributed by atoms with Crippen LogP contribution in [0.2, 0.25) is 0 Å². The molecule has 0 amide bonds. The summed E-state index contributed by atoms with van der Waals surface area (Å²) in [4.78, 5) is 0. The summed E-state index contributed by atoms with van der Waals surface area (Å²) in [6.45, 7) is 0. The second-order valence-electron chi connectivity index (χ2n) is 6.06. The zero-order valence-electron chi connectivity index (χ0n) is 16.9. The predicted octanol–water partition coefficient (Wildman–Crippen LogP) is 2.06. The maximum atomic E-state index is 5.90. The number of rotatable bonds is 0. The fraction of sp³-hybridized carbons (Fsp3) is 0. The molecule has 0 unspecified atom stereocenters.